The fourth-order valence-electron chi connectivity index (χ4n) is 2.80. The van der Waals surface area contributed by atoms with Crippen molar-refractivity contribution in [3.05, 3.63) is 0 Å². The SMILES string of the molecule is CCCN(C)CC1CCN(C(=O)C(N)C(C)CC)C1.Cl. The van der Waals surface area contributed by atoms with E-state index in [0.29, 0.717) is 5.92 Å². The third-order valence-electron chi connectivity index (χ3n) is 4.31. The van der Waals surface area contributed by atoms with Crippen molar-refractivity contribution in [2.45, 2.75) is 46.1 Å². The second-order valence-corrected chi connectivity index (χ2v) is 6.11. The van der Waals surface area contributed by atoms with Crippen molar-refractivity contribution in [2.24, 2.45) is 17.6 Å². The number of carbonyl (C=O) groups excluding carboxylic acids is 1. The Hall–Kier alpha value is -0.320. The number of carbonyl (C=O) groups is 1. The number of halogens is 1. The number of nitrogens with two attached hydrogens (primary N) is 1. The second kappa shape index (κ2) is 9.59. The molecule has 0 spiro atoms. The predicted octanol–water partition coefficient (Wildman–Crippen LogP) is 1.97. The Balaban J connectivity index is 0.00000361. The molecule has 0 radical (unpaired) electrons. The number of hydrogen-bond donors (Lipinski definition) is 1. The highest BCUT2D eigenvalue weighted by molar-refractivity contribution is 5.85. The lowest BCUT2D eigenvalue weighted by atomic mass is 9.99. The molecule has 20 heavy (non-hydrogen) atoms. The summed E-state index contributed by atoms with van der Waals surface area (Å²) < 4.78 is 0. The Morgan fingerprint density at radius 3 is 2.65 bits per heavy atom. The smallest absolute Gasteiger partial charge is 0.239 e. The summed E-state index contributed by atoms with van der Waals surface area (Å²) in [6, 6.07) is -0.322. The molecule has 3 unspecified atom stereocenters. The van der Waals surface area contributed by atoms with Crippen molar-refractivity contribution >= 4 is 18.3 Å². The molecule has 5 heteroatoms. The van der Waals surface area contributed by atoms with Crippen molar-refractivity contribution in [3.63, 3.8) is 0 Å². The minimum absolute atomic E-state index is 0. The van der Waals surface area contributed by atoms with Crippen molar-refractivity contribution in [1.29, 1.82) is 0 Å². The minimum Gasteiger partial charge on any atom is -0.341 e. The molecule has 0 aliphatic carbocycles. The van der Waals surface area contributed by atoms with E-state index in [1.807, 2.05) is 4.90 Å². The third kappa shape index (κ3) is 5.58. The van der Waals surface area contributed by atoms with Crippen molar-refractivity contribution < 1.29 is 4.79 Å². The van der Waals surface area contributed by atoms with Crippen LogP contribution in [0.3, 0.4) is 0 Å². The summed E-state index contributed by atoms with van der Waals surface area (Å²) in [6.07, 6.45) is 3.27. The molecule has 4 nitrogen and oxygen atoms in total. The molecule has 1 amide bonds. The van der Waals surface area contributed by atoms with Crippen LogP contribution in [0.15, 0.2) is 0 Å². The lowest BCUT2D eigenvalue weighted by molar-refractivity contribution is -0.132. The predicted molar refractivity (Wildman–Crippen MR) is 87.2 cm³/mol. The standard InChI is InChI=1S/C15H31N3O.ClH/c1-5-8-17(4)10-13-7-9-18(11-13)15(19)14(16)12(3)6-2;/h12-14H,5-11,16H2,1-4H3;1H. The van der Waals surface area contributed by atoms with Crippen LogP contribution in [-0.2, 0) is 4.79 Å². The first kappa shape index (κ1) is 19.7. The summed E-state index contributed by atoms with van der Waals surface area (Å²) >= 11 is 0. The molecule has 1 aliphatic rings. The van der Waals surface area contributed by atoms with Crippen LogP contribution in [0, 0.1) is 11.8 Å². The van der Waals surface area contributed by atoms with Gasteiger partial charge in [-0.2, -0.15) is 0 Å². The molecule has 1 rings (SSSR count). The molecule has 1 saturated heterocycles. The van der Waals surface area contributed by atoms with Gasteiger partial charge in [-0.1, -0.05) is 27.2 Å². The highest BCUT2D eigenvalue weighted by atomic mass is 35.5. The van der Waals surface area contributed by atoms with Gasteiger partial charge in [-0.25, -0.2) is 0 Å². The zero-order valence-electron chi connectivity index (χ0n) is 13.5. The van der Waals surface area contributed by atoms with Crippen molar-refractivity contribution in [3.8, 4) is 0 Å². The second-order valence-electron chi connectivity index (χ2n) is 6.11. The summed E-state index contributed by atoms with van der Waals surface area (Å²) in [5.74, 6) is 1.04. The van der Waals surface area contributed by atoms with Crippen LogP contribution in [0.1, 0.15) is 40.0 Å². The van der Waals surface area contributed by atoms with Crippen molar-refractivity contribution in [2.75, 3.05) is 33.2 Å². The number of rotatable bonds is 7. The van der Waals surface area contributed by atoms with Gasteiger partial charge in [0, 0.05) is 19.6 Å². The molecular formula is C15H32ClN3O. The molecular weight excluding hydrogens is 274 g/mol. The molecule has 3 atom stereocenters. The maximum absolute atomic E-state index is 12.3. The average Bonchev–Trinajstić information content (AvgIpc) is 2.84. The van der Waals surface area contributed by atoms with E-state index in [4.69, 9.17) is 5.73 Å². The zero-order chi connectivity index (χ0) is 14.4. The minimum atomic E-state index is -0.322. The number of amides is 1. The van der Waals surface area contributed by atoms with Crippen LogP contribution in [-0.4, -0.2) is 55.0 Å². The Bertz CT molecular complexity index is 288. The van der Waals surface area contributed by atoms with Gasteiger partial charge in [0.15, 0.2) is 0 Å². The quantitative estimate of drug-likeness (QED) is 0.782. The Morgan fingerprint density at radius 1 is 1.45 bits per heavy atom. The molecule has 0 aromatic rings. The summed E-state index contributed by atoms with van der Waals surface area (Å²) in [5.41, 5.74) is 6.04. The molecule has 0 saturated carbocycles. The first-order valence-electron chi connectivity index (χ1n) is 7.72. The lowest BCUT2D eigenvalue weighted by Crippen LogP contribution is -2.46. The average molecular weight is 306 g/mol. The van der Waals surface area contributed by atoms with Gasteiger partial charge in [0.25, 0.3) is 0 Å². The maximum Gasteiger partial charge on any atom is 0.239 e. The Kier molecular flexibility index (Phi) is 9.43. The van der Waals surface area contributed by atoms with Crippen molar-refractivity contribution in [1.82, 2.24) is 9.80 Å². The van der Waals surface area contributed by atoms with Crippen LogP contribution in [0.2, 0.25) is 0 Å². The topological polar surface area (TPSA) is 49.6 Å². The van der Waals surface area contributed by atoms with E-state index in [2.05, 4.69) is 32.7 Å². The maximum atomic E-state index is 12.3. The van der Waals surface area contributed by atoms with Gasteiger partial charge in [0.2, 0.25) is 5.91 Å². The summed E-state index contributed by atoms with van der Waals surface area (Å²) in [5, 5.41) is 0. The highest BCUT2D eigenvalue weighted by Crippen LogP contribution is 2.19. The van der Waals surface area contributed by atoms with Gasteiger partial charge < -0.3 is 15.5 Å². The molecule has 1 fully saturated rings. The van der Waals surface area contributed by atoms with Crippen LogP contribution < -0.4 is 5.73 Å². The molecule has 1 heterocycles. The monoisotopic (exact) mass is 305 g/mol. The number of hydrogen-bond acceptors (Lipinski definition) is 3. The first-order valence-corrected chi connectivity index (χ1v) is 7.72. The van der Waals surface area contributed by atoms with Gasteiger partial charge in [-0.05, 0) is 38.3 Å². The molecule has 0 aromatic carbocycles. The Labute approximate surface area is 130 Å². The third-order valence-corrected chi connectivity index (χ3v) is 4.31. The zero-order valence-corrected chi connectivity index (χ0v) is 14.3. The van der Waals surface area contributed by atoms with Crippen LogP contribution in [0.4, 0.5) is 0 Å². The van der Waals surface area contributed by atoms with E-state index >= 15 is 0 Å². The fraction of sp³-hybridized carbons (Fsp3) is 0.933. The highest BCUT2D eigenvalue weighted by Gasteiger charge is 2.31. The fourth-order valence-corrected chi connectivity index (χ4v) is 2.80. The van der Waals surface area contributed by atoms with Gasteiger partial charge in [0.05, 0.1) is 6.04 Å². The van der Waals surface area contributed by atoms with Crippen LogP contribution in [0.5, 0.6) is 0 Å². The van der Waals surface area contributed by atoms with Gasteiger partial charge in [-0.15, -0.1) is 12.4 Å². The lowest BCUT2D eigenvalue weighted by Gasteiger charge is -2.25. The van der Waals surface area contributed by atoms with E-state index in [0.717, 1.165) is 39.0 Å². The normalized spacial score (nSPS) is 21.7. The summed E-state index contributed by atoms with van der Waals surface area (Å²) in [6.45, 7) is 10.3. The molecule has 1 aliphatic heterocycles. The van der Waals surface area contributed by atoms with Crippen LogP contribution in [0.25, 0.3) is 0 Å². The van der Waals surface area contributed by atoms with E-state index in [9.17, 15) is 4.79 Å². The first-order chi connectivity index (χ1) is 8.99. The molecule has 2 N–H and O–H groups in total. The molecule has 120 valence electrons. The van der Waals surface area contributed by atoms with E-state index in [1.165, 1.54) is 6.42 Å². The number of nitrogens with zero attached hydrogens (tertiary/aromatic N) is 2. The Morgan fingerprint density at radius 2 is 2.10 bits per heavy atom. The van der Waals surface area contributed by atoms with Gasteiger partial charge in [0.1, 0.15) is 0 Å². The largest absolute Gasteiger partial charge is 0.341 e. The van der Waals surface area contributed by atoms with E-state index in [-0.39, 0.29) is 30.3 Å². The van der Waals surface area contributed by atoms with E-state index < -0.39 is 0 Å². The van der Waals surface area contributed by atoms with Crippen LogP contribution >= 0.6 is 12.4 Å². The number of likely N-dealkylation sites (tertiary alicyclic amines) is 1. The molecule has 0 aromatic heterocycles. The van der Waals surface area contributed by atoms with Gasteiger partial charge in [-0.3, -0.25) is 4.79 Å². The van der Waals surface area contributed by atoms with Gasteiger partial charge >= 0.3 is 0 Å². The summed E-state index contributed by atoms with van der Waals surface area (Å²) in [7, 11) is 2.17. The molecule has 0 bridgehead atoms. The van der Waals surface area contributed by atoms with E-state index in [1.54, 1.807) is 0 Å². The summed E-state index contributed by atoms with van der Waals surface area (Å²) in [4.78, 5) is 16.6.